The molecule has 0 spiro atoms. The molecule has 3 N–H and O–H groups in total. The summed E-state index contributed by atoms with van der Waals surface area (Å²) < 4.78 is 9.05. The monoisotopic (exact) mass is 322 g/mol. The summed E-state index contributed by atoms with van der Waals surface area (Å²) in [7, 11) is 1.51. The molecule has 2 rings (SSSR count). The van der Waals surface area contributed by atoms with Gasteiger partial charge in [-0.15, -0.1) is 5.10 Å². The number of amides is 1. The van der Waals surface area contributed by atoms with E-state index in [-0.39, 0.29) is 10.9 Å². The van der Waals surface area contributed by atoms with E-state index in [0.717, 1.165) is 11.5 Å². The molecule has 0 aliphatic carbocycles. The third-order valence-corrected chi connectivity index (χ3v) is 3.83. The van der Waals surface area contributed by atoms with Crippen LogP contribution < -0.4 is 15.8 Å². The molecule has 1 amide bonds. The highest BCUT2D eigenvalue weighted by molar-refractivity contribution is 7.80. The molecule has 0 aliphatic heterocycles. The molecule has 0 aliphatic rings. The normalized spacial score (nSPS) is 10.2. The predicted molar refractivity (Wildman–Crippen MR) is 86.1 cm³/mol. The summed E-state index contributed by atoms with van der Waals surface area (Å²) in [6.07, 6.45) is 0.650. The van der Waals surface area contributed by atoms with E-state index in [1.54, 1.807) is 18.2 Å². The van der Waals surface area contributed by atoms with Crippen LogP contribution in [0.4, 0.5) is 5.69 Å². The number of nitrogens with one attached hydrogen (secondary N) is 1. The zero-order chi connectivity index (χ0) is 15.4. The summed E-state index contributed by atoms with van der Waals surface area (Å²) in [5, 5.41) is 6.71. The van der Waals surface area contributed by atoms with E-state index in [2.05, 4.69) is 14.9 Å². The number of nitrogens with zero attached hydrogens (tertiary/aromatic N) is 2. The van der Waals surface area contributed by atoms with E-state index in [1.165, 1.54) is 7.11 Å². The van der Waals surface area contributed by atoms with Crippen LogP contribution in [0.25, 0.3) is 0 Å². The fourth-order valence-corrected chi connectivity index (χ4v) is 2.51. The Balaban J connectivity index is 2.27. The van der Waals surface area contributed by atoms with Crippen molar-refractivity contribution in [1.82, 2.24) is 9.59 Å². The molecule has 2 aromatic rings. The number of ether oxygens (including phenoxy) is 1. The van der Waals surface area contributed by atoms with Gasteiger partial charge in [-0.3, -0.25) is 4.79 Å². The number of methoxy groups -OCH3 is 1. The van der Waals surface area contributed by atoms with Gasteiger partial charge >= 0.3 is 0 Å². The summed E-state index contributed by atoms with van der Waals surface area (Å²) >= 11 is 5.99. The molecule has 0 saturated heterocycles. The number of rotatable bonds is 5. The Labute approximate surface area is 131 Å². The second-order valence-corrected chi connectivity index (χ2v) is 5.33. The lowest BCUT2D eigenvalue weighted by Crippen LogP contribution is -2.14. The SMILES string of the molecule is CCc1nnsc1C(=O)Nc1ccc(C(N)=S)cc1OC. The smallest absolute Gasteiger partial charge is 0.269 e. The molecule has 1 heterocycles. The number of thiocarbonyl (C=S) groups is 1. The van der Waals surface area contributed by atoms with Crippen molar-refractivity contribution in [1.29, 1.82) is 0 Å². The van der Waals surface area contributed by atoms with Gasteiger partial charge in [0.1, 0.15) is 15.6 Å². The van der Waals surface area contributed by atoms with Crippen LogP contribution in [0, 0.1) is 0 Å². The minimum Gasteiger partial charge on any atom is -0.495 e. The van der Waals surface area contributed by atoms with E-state index in [1.807, 2.05) is 6.92 Å². The van der Waals surface area contributed by atoms with E-state index in [0.29, 0.717) is 34.0 Å². The van der Waals surface area contributed by atoms with E-state index in [9.17, 15) is 4.79 Å². The summed E-state index contributed by atoms with van der Waals surface area (Å²) in [6.45, 7) is 1.92. The first kappa shape index (κ1) is 15.3. The first-order valence-corrected chi connectivity index (χ1v) is 7.35. The number of hydrogen-bond donors (Lipinski definition) is 2. The Hall–Kier alpha value is -2.06. The van der Waals surface area contributed by atoms with Gasteiger partial charge in [0.05, 0.1) is 18.5 Å². The maximum Gasteiger partial charge on any atom is 0.269 e. The van der Waals surface area contributed by atoms with Gasteiger partial charge in [-0.1, -0.05) is 23.6 Å². The largest absolute Gasteiger partial charge is 0.495 e. The maximum absolute atomic E-state index is 12.3. The third kappa shape index (κ3) is 3.34. The Morgan fingerprint density at radius 1 is 1.52 bits per heavy atom. The topological polar surface area (TPSA) is 90.1 Å². The lowest BCUT2D eigenvalue weighted by atomic mass is 10.2. The van der Waals surface area contributed by atoms with Crippen molar-refractivity contribution < 1.29 is 9.53 Å². The lowest BCUT2D eigenvalue weighted by molar-refractivity contribution is 0.102. The van der Waals surface area contributed by atoms with Crippen LogP contribution in [0.5, 0.6) is 5.75 Å². The Morgan fingerprint density at radius 2 is 2.29 bits per heavy atom. The van der Waals surface area contributed by atoms with Crippen LogP contribution in [0.3, 0.4) is 0 Å². The predicted octanol–water partition coefficient (Wildman–Crippen LogP) is 2.00. The number of anilines is 1. The lowest BCUT2D eigenvalue weighted by Gasteiger charge is -2.11. The number of hydrogen-bond acceptors (Lipinski definition) is 6. The van der Waals surface area contributed by atoms with Crippen LogP contribution in [0.2, 0.25) is 0 Å². The molecule has 0 radical (unpaired) electrons. The summed E-state index contributed by atoms with van der Waals surface area (Å²) in [4.78, 5) is 13.0. The van der Waals surface area contributed by atoms with Crippen molar-refractivity contribution in [2.75, 3.05) is 12.4 Å². The number of carbonyl (C=O) groups is 1. The molecule has 110 valence electrons. The molecule has 0 atom stereocenters. The Morgan fingerprint density at radius 3 is 2.90 bits per heavy atom. The maximum atomic E-state index is 12.3. The molecule has 0 bridgehead atoms. The van der Waals surface area contributed by atoms with Crippen LogP contribution >= 0.6 is 23.8 Å². The molecular formula is C13H14N4O2S2. The van der Waals surface area contributed by atoms with Crippen LogP contribution in [-0.2, 0) is 6.42 Å². The van der Waals surface area contributed by atoms with Gasteiger partial charge in [0.25, 0.3) is 5.91 Å². The fourth-order valence-electron chi connectivity index (χ4n) is 1.74. The van der Waals surface area contributed by atoms with Crippen LogP contribution in [0.1, 0.15) is 27.9 Å². The number of aromatic nitrogens is 2. The second kappa shape index (κ2) is 6.59. The number of aryl methyl sites for hydroxylation is 1. The standard InChI is InChI=1S/C13H14N4O2S2/c1-3-8-11(21-17-16-8)13(18)15-9-5-4-7(12(14)20)6-10(9)19-2/h4-6H,3H2,1-2H3,(H2,14,20)(H,15,18). The molecule has 0 saturated carbocycles. The molecule has 8 heteroatoms. The van der Waals surface area contributed by atoms with Crippen molar-refractivity contribution in [2.45, 2.75) is 13.3 Å². The highest BCUT2D eigenvalue weighted by Crippen LogP contribution is 2.26. The fraction of sp³-hybridized carbons (Fsp3) is 0.231. The minimum absolute atomic E-state index is 0.261. The summed E-state index contributed by atoms with van der Waals surface area (Å²) in [5.74, 6) is 0.229. The summed E-state index contributed by atoms with van der Waals surface area (Å²) in [5.41, 5.74) is 7.47. The average molecular weight is 322 g/mol. The molecule has 21 heavy (non-hydrogen) atoms. The summed E-state index contributed by atoms with van der Waals surface area (Å²) in [6, 6.07) is 5.11. The minimum atomic E-state index is -0.261. The molecule has 0 unspecified atom stereocenters. The van der Waals surface area contributed by atoms with Gasteiger partial charge in [0.15, 0.2) is 0 Å². The van der Waals surface area contributed by atoms with Crippen molar-refractivity contribution in [3.8, 4) is 5.75 Å². The first-order chi connectivity index (χ1) is 10.1. The van der Waals surface area contributed by atoms with Crippen LogP contribution in [-0.4, -0.2) is 27.6 Å². The highest BCUT2D eigenvalue weighted by atomic mass is 32.1. The highest BCUT2D eigenvalue weighted by Gasteiger charge is 2.17. The molecule has 0 fully saturated rings. The van der Waals surface area contributed by atoms with Gasteiger partial charge in [0, 0.05) is 5.56 Å². The van der Waals surface area contributed by atoms with Crippen molar-refractivity contribution in [2.24, 2.45) is 5.73 Å². The molecular weight excluding hydrogens is 308 g/mol. The van der Waals surface area contributed by atoms with Gasteiger partial charge in [-0.25, -0.2) is 0 Å². The van der Waals surface area contributed by atoms with Crippen molar-refractivity contribution in [3.05, 3.63) is 34.3 Å². The molecule has 1 aromatic carbocycles. The van der Waals surface area contributed by atoms with Crippen molar-refractivity contribution >= 4 is 40.3 Å². The van der Waals surface area contributed by atoms with E-state index >= 15 is 0 Å². The van der Waals surface area contributed by atoms with Gasteiger partial charge in [0.2, 0.25) is 0 Å². The average Bonchev–Trinajstić information content (AvgIpc) is 2.95. The number of nitrogens with two attached hydrogens (primary N) is 1. The van der Waals surface area contributed by atoms with Crippen LogP contribution in [0.15, 0.2) is 18.2 Å². The van der Waals surface area contributed by atoms with Gasteiger partial charge in [-0.2, -0.15) is 0 Å². The quantitative estimate of drug-likeness (QED) is 0.818. The second-order valence-electron chi connectivity index (χ2n) is 4.14. The number of benzene rings is 1. The zero-order valence-corrected chi connectivity index (χ0v) is 13.2. The Bertz CT molecular complexity index is 685. The molecule has 1 aromatic heterocycles. The van der Waals surface area contributed by atoms with Gasteiger partial charge < -0.3 is 15.8 Å². The first-order valence-electron chi connectivity index (χ1n) is 6.17. The van der Waals surface area contributed by atoms with E-state index in [4.69, 9.17) is 22.7 Å². The Kier molecular flexibility index (Phi) is 4.81. The number of carbonyl (C=O) groups excluding carboxylic acids is 1. The van der Waals surface area contributed by atoms with Crippen molar-refractivity contribution in [3.63, 3.8) is 0 Å². The van der Waals surface area contributed by atoms with E-state index < -0.39 is 0 Å². The van der Waals surface area contributed by atoms with Gasteiger partial charge in [-0.05, 0) is 36.2 Å². The molecule has 6 nitrogen and oxygen atoms in total. The third-order valence-electron chi connectivity index (χ3n) is 2.83. The zero-order valence-electron chi connectivity index (χ0n) is 11.5.